The molecule has 0 nitrogen and oxygen atoms in total. The van der Waals surface area contributed by atoms with Crippen LogP contribution in [0.3, 0.4) is 0 Å². The SMILES string of the molecule is Cc1ccc(F)cc1C/C=C/CCBr. The van der Waals surface area contributed by atoms with Gasteiger partial charge in [0, 0.05) is 5.33 Å². The van der Waals surface area contributed by atoms with Crippen molar-refractivity contribution in [3.8, 4) is 0 Å². The molecular weight excluding hydrogens is 243 g/mol. The molecule has 0 aliphatic carbocycles. The fourth-order valence-corrected chi connectivity index (χ4v) is 1.52. The Kier molecular flexibility index (Phi) is 4.88. The van der Waals surface area contributed by atoms with Crippen molar-refractivity contribution in [1.29, 1.82) is 0 Å². The number of halogens is 2. The topological polar surface area (TPSA) is 0 Å². The summed E-state index contributed by atoms with van der Waals surface area (Å²) in [7, 11) is 0. The van der Waals surface area contributed by atoms with Crippen molar-refractivity contribution >= 4 is 15.9 Å². The molecular formula is C12H14BrF. The van der Waals surface area contributed by atoms with Crippen molar-refractivity contribution in [2.75, 3.05) is 5.33 Å². The van der Waals surface area contributed by atoms with Gasteiger partial charge in [0.1, 0.15) is 5.82 Å². The van der Waals surface area contributed by atoms with Gasteiger partial charge in [0.05, 0.1) is 0 Å². The predicted octanol–water partition coefficient (Wildman–Crippen LogP) is 4.02. The molecule has 14 heavy (non-hydrogen) atoms. The molecule has 1 aromatic rings. The molecule has 76 valence electrons. The molecule has 0 amide bonds. The minimum atomic E-state index is -0.153. The van der Waals surface area contributed by atoms with Crippen molar-refractivity contribution in [2.24, 2.45) is 0 Å². The van der Waals surface area contributed by atoms with E-state index in [2.05, 4.69) is 28.1 Å². The molecule has 0 N–H and O–H groups in total. The first-order valence-corrected chi connectivity index (χ1v) is 5.82. The number of aryl methyl sites for hydroxylation is 1. The average molecular weight is 257 g/mol. The standard InChI is InChI=1S/C12H14BrF/c1-10-6-7-12(14)9-11(10)5-3-2-4-8-13/h2-3,6-7,9H,4-5,8H2,1H3/b3-2+. The smallest absolute Gasteiger partial charge is 0.123 e. The maximum absolute atomic E-state index is 12.9. The highest BCUT2D eigenvalue weighted by Crippen LogP contribution is 2.11. The monoisotopic (exact) mass is 256 g/mol. The van der Waals surface area contributed by atoms with E-state index >= 15 is 0 Å². The summed E-state index contributed by atoms with van der Waals surface area (Å²) in [5.41, 5.74) is 2.21. The lowest BCUT2D eigenvalue weighted by Gasteiger charge is -2.01. The van der Waals surface area contributed by atoms with Crippen molar-refractivity contribution < 1.29 is 4.39 Å². The number of allylic oxidation sites excluding steroid dienone is 2. The summed E-state index contributed by atoms with van der Waals surface area (Å²) >= 11 is 3.35. The minimum absolute atomic E-state index is 0.153. The van der Waals surface area contributed by atoms with Crippen LogP contribution in [0.1, 0.15) is 17.5 Å². The van der Waals surface area contributed by atoms with Crippen LogP contribution < -0.4 is 0 Å². The highest BCUT2D eigenvalue weighted by molar-refractivity contribution is 9.09. The highest BCUT2D eigenvalue weighted by atomic mass is 79.9. The van der Waals surface area contributed by atoms with Gasteiger partial charge >= 0.3 is 0 Å². The Morgan fingerprint density at radius 3 is 2.86 bits per heavy atom. The van der Waals surface area contributed by atoms with Gasteiger partial charge in [0.2, 0.25) is 0 Å². The van der Waals surface area contributed by atoms with Crippen LogP contribution >= 0.6 is 15.9 Å². The Labute approximate surface area is 93.0 Å². The van der Waals surface area contributed by atoms with Crippen molar-refractivity contribution in [3.63, 3.8) is 0 Å². The summed E-state index contributed by atoms with van der Waals surface area (Å²) in [5, 5.41) is 0.978. The van der Waals surface area contributed by atoms with Crippen LogP contribution in [-0.2, 0) is 6.42 Å². The number of alkyl halides is 1. The second-order valence-corrected chi connectivity index (χ2v) is 4.02. The lowest BCUT2D eigenvalue weighted by Crippen LogP contribution is -1.88. The number of rotatable bonds is 4. The van der Waals surface area contributed by atoms with Gasteiger partial charge < -0.3 is 0 Å². The molecule has 1 rings (SSSR count). The summed E-state index contributed by atoms with van der Waals surface area (Å²) in [6, 6.07) is 4.93. The van der Waals surface area contributed by atoms with Crippen LogP contribution in [-0.4, -0.2) is 5.33 Å². The van der Waals surface area contributed by atoms with E-state index in [1.165, 1.54) is 6.07 Å². The van der Waals surface area contributed by atoms with Gasteiger partial charge in [-0.2, -0.15) is 0 Å². The van der Waals surface area contributed by atoms with E-state index in [9.17, 15) is 4.39 Å². The van der Waals surface area contributed by atoms with Crippen LogP contribution in [0.15, 0.2) is 30.4 Å². The lowest BCUT2D eigenvalue weighted by molar-refractivity contribution is 0.625. The first-order valence-electron chi connectivity index (χ1n) is 4.70. The zero-order valence-corrected chi connectivity index (χ0v) is 9.85. The predicted molar refractivity (Wildman–Crippen MR) is 62.4 cm³/mol. The normalized spacial score (nSPS) is 11.1. The van der Waals surface area contributed by atoms with Gasteiger partial charge in [-0.25, -0.2) is 4.39 Å². The summed E-state index contributed by atoms with van der Waals surface area (Å²) in [5.74, 6) is -0.153. The molecule has 0 saturated carbocycles. The first kappa shape index (κ1) is 11.4. The zero-order valence-electron chi connectivity index (χ0n) is 8.26. The molecule has 1 aromatic carbocycles. The van der Waals surface area contributed by atoms with Crippen LogP contribution in [0, 0.1) is 12.7 Å². The summed E-state index contributed by atoms with van der Waals surface area (Å²) in [6.07, 6.45) is 6.03. The molecule has 0 bridgehead atoms. The zero-order chi connectivity index (χ0) is 10.4. The second kappa shape index (κ2) is 5.97. The number of benzene rings is 1. The molecule has 0 aliphatic rings. The maximum Gasteiger partial charge on any atom is 0.123 e. The van der Waals surface area contributed by atoms with E-state index in [-0.39, 0.29) is 5.82 Å². The third-order valence-electron chi connectivity index (χ3n) is 2.09. The van der Waals surface area contributed by atoms with E-state index < -0.39 is 0 Å². The summed E-state index contributed by atoms with van der Waals surface area (Å²) < 4.78 is 12.9. The molecule has 0 unspecified atom stereocenters. The highest BCUT2D eigenvalue weighted by Gasteiger charge is 1.97. The van der Waals surface area contributed by atoms with E-state index in [0.29, 0.717) is 0 Å². The molecule has 2 heteroatoms. The van der Waals surface area contributed by atoms with Gasteiger partial charge in [-0.3, -0.25) is 0 Å². The average Bonchev–Trinajstić information content (AvgIpc) is 2.18. The summed E-state index contributed by atoms with van der Waals surface area (Å²) in [4.78, 5) is 0. The Morgan fingerprint density at radius 2 is 2.14 bits per heavy atom. The first-order chi connectivity index (χ1) is 6.74. The largest absolute Gasteiger partial charge is 0.207 e. The van der Waals surface area contributed by atoms with Gasteiger partial charge in [0.15, 0.2) is 0 Å². The molecule has 0 heterocycles. The van der Waals surface area contributed by atoms with Crippen LogP contribution in [0.4, 0.5) is 4.39 Å². The van der Waals surface area contributed by atoms with E-state index in [0.717, 1.165) is 29.3 Å². The maximum atomic E-state index is 12.9. The lowest BCUT2D eigenvalue weighted by atomic mass is 10.1. The Bertz CT molecular complexity index is 318. The molecule has 0 aliphatic heterocycles. The third-order valence-corrected chi connectivity index (χ3v) is 2.55. The van der Waals surface area contributed by atoms with Crippen LogP contribution in [0.25, 0.3) is 0 Å². The fourth-order valence-electron chi connectivity index (χ4n) is 1.25. The van der Waals surface area contributed by atoms with Gasteiger partial charge in [-0.05, 0) is 43.0 Å². The van der Waals surface area contributed by atoms with E-state index in [4.69, 9.17) is 0 Å². The third kappa shape index (κ3) is 3.62. The Hall–Kier alpha value is -0.630. The molecule has 0 aromatic heterocycles. The van der Waals surface area contributed by atoms with Gasteiger partial charge in [-0.1, -0.05) is 34.1 Å². The molecule has 0 fully saturated rings. The number of hydrogen-bond donors (Lipinski definition) is 0. The number of hydrogen-bond acceptors (Lipinski definition) is 0. The molecule has 0 saturated heterocycles. The molecule has 0 spiro atoms. The van der Waals surface area contributed by atoms with Crippen molar-refractivity contribution in [1.82, 2.24) is 0 Å². The molecule has 0 radical (unpaired) electrons. The van der Waals surface area contributed by atoms with Crippen molar-refractivity contribution in [3.05, 3.63) is 47.3 Å². The minimum Gasteiger partial charge on any atom is -0.207 e. The van der Waals surface area contributed by atoms with Crippen molar-refractivity contribution in [2.45, 2.75) is 19.8 Å². The van der Waals surface area contributed by atoms with Gasteiger partial charge in [0.25, 0.3) is 0 Å². The van der Waals surface area contributed by atoms with Gasteiger partial charge in [-0.15, -0.1) is 0 Å². The molecule has 0 atom stereocenters. The Balaban J connectivity index is 2.62. The van der Waals surface area contributed by atoms with E-state index in [1.807, 2.05) is 13.0 Å². The van der Waals surface area contributed by atoms with E-state index in [1.54, 1.807) is 6.07 Å². The van der Waals surface area contributed by atoms with Crippen LogP contribution in [0.5, 0.6) is 0 Å². The quantitative estimate of drug-likeness (QED) is 0.564. The van der Waals surface area contributed by atoms with Crippen LogP contribution in [0.2, 0.25) is 0 Å². The second-order valence-electron chi connectivity index (χ2n) is 3.22. The Morgan fingerprint density at radius 1 is 1.36 bits per heavy atom. The summed E-state index contributed by atoms with van der Waals surface area (Å²) in [6.45, 7) is 2.01. The fraction of sp³-hybridized carbons (Fsp3) is 0.333.